The largest absolute Gasteiger partial charge is 0.384 e. The molecule has 4 nitrogen and oxygen atoms in total. The second-order valence-electron chi connectivity index (χ2n) is 5.19. The Labute approximate surface area is 124 Å². The van der Waals surface area contributed by atoms with Gasteiger partial charge in [0.2, 0.25) is 0 Å². The van der Waals surface area contributed by atoms with Crippen molar-refractivity contribution in [2.45, 2.75) is 19.9 Å². The minimum Gasteiger partial charge on any atom is -0.384 e. The van der Waals surface area contributed by atoms with E-state index in [0.717, 1.165) is 11.3 Å². The number of aromatic nitrogens is 3. The van der Waals surface area contributed by atoms with Gasteiger partial charge in [0.1, 0.15) is 5.82 Å². The van der Waals surface area contributed by atoms with Gasteiger partial charge in [-0.3, -0.25) is 0 Å². The van der Waals surface area contributed by atoms with Gasteiger partial charge in [0.15, 0.2) is 0 Å². The molecule has 1 unspecified atom stereocenters. The van der Waals surface area contributed by atoms with Crippen LogP contribution in [0.25, 0.3) is 11.3 Å². The predicted molar refractivity (Wildman–Crippen MR) is 84.9 cm³/mol. The zero-order valence-corrected chi connectivity index (χ0v) is 12.2. The Balaban J connectivity index is 2.05. The number of nitrogens with two attached hydrogens (primary N) is 1. The monoisotopic (exact) mass is 278 g/mol. The van der Waals surface area contributed by atoms with Crippen LogP contribution < -0.4 is 5.73 Å². The van der Waals surface area contributed by atoms with E-state index >= 15 is 0 Å². The summed E-state index contributed by atoms with van der Waals surface area (Å²) < 4.78 is 2.16. The van der Waals surface area contributed by atoms with Crippen LogP contribution >= 0.6 is 0 Å². The lowest BCUT2D eigenvalue weighted by Gasteiger charge is -2.19. The summed E-state index contributed by atoms with van der Waals surface area (Å²) in [6, 6.07) is 12.5. The maximum Gasteiger partial charge on any atom is 0.123 e. The summed E-state index contributed by atoms with van der Waals surface area (Å²) >= 11 is 0. The van der Waals surface area contributed by atoms with Crippen LogP contribution in [0.1, 0.15) is 24.1 Å². The van der Waals surface area contributed by atoms with Crippen molar-refractivity contribution >= 4 is 5.82 Å². The van der Waals surface area contributed by atoms with Crippen LogP contribution in [-0.4, -0.2) is 14.5 Å². The van der Waals surface area contributed by atoms with Crippen molar-refractivity contribution in [2.75, 3.05) is 5.73 Å². The van der Waals surface area contributed by atoms with Crippen LogP contribution in [0.15, 0.2) is 55.1 Å². The Morgan fingerprint density at radius 2 is 2.00 bits per heavy atom. The zero-order valence-electron chi connectivity index (χ0n) is 12.2. The summed E-state index contributed by atoms with van der Waals surface area (Å²) in [6.07, 6.45) is 5.45. The molecule has 21 heavy (non-hydrogen) atoms. The third-order valence-electron chi connectivity index (χ3n) is 3.80. The molecule has 1 atom stereocenters. The van der Waals surface area contributed by atoms with Gasteiger partial charge in [-0.2, -0.15) is 0 Å². The van der Waals surface area contributed by atoms with Crippen LogP contribution in [-0.2, 0) is 0 Å². The number of benzene rings is 1. The third kappa shape index (κ3) is 2.52. The number of rotatable bonds is 3. The van der Waals surface area contributed by atoms with E-state index in [1.807, 2.05) is 24.7 Å². The number of hydrogen-bond acceptors (Lipinski definition) is 3. The first kappa shape index (κ1) is 13.4. The van der Waals surface area contributed by atoms with Crippen molar-refractivity contribution < 1.29 is 0 Å². The van der Waals surface area contributed by atoms with Crippen LogP contribution in [0.5, 0.6) is 0 Å². The summed E-state index contributed by atoms with van der Waals surface area (Å²) in [6.45, 7) is 4.31. The Morgan fingerprint density at radius 3 is 2.76 bits per heavy atom. The standard InChI is InChI=1S/C17H18N4/c1-12-5-3-4-6-15(12)13(2)21-11-19-10-16(21)14-7-8-20-17(18)9-14/h3-11,13H,1-2H3,(H2,18,20). The van der Waals surface area contributed by atoms with E-state index in [1.54, 1.807) is 6.20 Å². The maximum absolute atomic E-state index is 5.79. The minimum atomic E-state index is 0.207. The highest BCUT2D eigenvalue weighted by molar-refractivity contribution is 5.62. The lowest BCUT2D eigenvalue weighted by molar-refractivity contribution is 0.641. The average Bonchev–Trinajstić information content (AvgIpc) is 2.96. The van der Waals surface area contributed by atoms with Crippen LogP contribution in [0, 0.1) is 6.92 Å². The summed E-state index contributed by atoms with van der Waals surface area (Å²) in [5.74, 6) is 0.517. The van der Waals surface area contributed by atoms with Gasteiger partial charge in [-0.25, -0.2) is 9.97 Å². The van der Waals surface area contributed by atoms with E-state index in [1.165, 1.54) is 11.1 Å². The molecule has 0 saturated heterocycles. The number of nitrogen functional groups attached to an aromatic ring is 1. The number of hydrogen-bond donors (Lipinski definition) is 1. The van der Waals surface area contributed by atoms with Gasteiger partial charge >= 0.3 is 0 Å². The fourth-order valence-electron chi connectivity index (χ4n) is 2.65. The molecule has 0 aliphatic heterocycles. The van der Waals surface area contributed by atoms with Gasteiger partial charge < -0.3 is 10.3 Å². The summed E-state index contributed by atoms with van der Waals surface area (Å²) in [5, 5.41) is 0. The normalized spacial score (nSPS) is 12.3. The molecule has 4 heteroatoms. The molecule has 0 fully saturated rings. The van der Waals surface area contributed by atoms with E-state index in [-0.39, 0.29) is 6.04 Å². The molecule has 0 amide bonds. The van der Waals surface area contributed by atoms with E-state index in [0.29, 0.717) is 5.82 Å². The quantitative estimate of drug-likeness (QED) is 0.798. The van der Waals surface area contributed by atoms with Crippen molar-refractivity contribution in [1.29, 1.82) is 0 Å². The van der Waals surface area contributed by atoms with Gasteiger partial charge in [0, 0.05) is 11.8 Å². The molecule has 1 aromatic carbocycles. The fourth-order valence-corrected chi connectivity index (χ4v) is 2.65. The molecule has 2 N–H and O–H groups in total. The number of imidazole rings is 1. The maximum atomic E-state index is 5.79. The first-order valence-corrected chi connectivity index (χ1v) is 6.96. The molecule has 0 bridgehead atoms. The highest BCUT2D eigenvalue weighted by Crippen LogP contribution is 2.28. The average molecular weight is 278 g/mol. The first-order valence-electron chi connectivity index (χ1n) is 6.96. The molecule has 2 aromatic heterocycles. The van der Waals surface area contributed by atoms with Crippen molar-refractivity contribution in [3.8, 4) is 11.3 Å². The predicted octanol–water partition coefficient (Wildman–Crippen LogP) is 3.45. The van der Waals surface area contributed by atoms with Gasteiger partial charge in [-0.05, 0) is 37.1 Å². The lowest BCUT2D eigenvalue weighted by Crippen LogP contribution is -2.08. The fraction of sp³-hybridized carbons (Fsp3) is 0.176. The summed E-state index contributed by atoms with van der Waals surface area (Å²) in [5.41, 5.74) is 10.4. The van der Waals surface area contributed by atoms with Crippen LogP contribution in [0.2, 0.25) is 0 Å². The van der Waals surface area contributed by atoms with Crippen LogP contribution in [0.4, 0.5) is 5.82 Å². The molecule has 0 spiro atoms. The first-order chi connectivity index (χ1) is 10.2. The van der Waals surface area contributed by atoms with Crippen molar-refractivity contribution in [3.05, 3.63) is 66.2 Å². The topological polar surface area (TPSA) is 56.7 Å². The van der Waals surface area contributed by atoms with Gasteiger partial charge in [-0.15, -0.1) is 0 Å². The molecule has 2 heterocycles. The number of pyridine rings is 1. The highest BCUT2D eigenvalue weighted by atomic mass is 15.1. The SMILES string of the molecule is Cc1ccccc1C(C)n1cncc1-c1ccnc(N)c1. The highest BCUT2D eigenvalue weighted by Gasteiger charge is 2.14. The summed E-state index contributed by atoms with van der Waals surface area (Å²) in [7, 11) is 0. The molecule has 0 radical (unpaired) electrons. The summed E-state index contributed by atoms with van der Waals surface area (Å²) in [4.78, 5) is 8.35. The number of aryl methyl sites for hydroxylation is 1. The molecule has 0 saturated carbocycles. The van der Waals surface area contributed by atoms with Gasteiger partial charge in [-0.1, -0.05) is 24.3 Å². The lowest BCUT2D eigenvalue weighted by atomic mass is 10.0. The van der Waals surface area contributed by atoms with Crippen LogP contribution in [0.3, 0.4) is 0 Å². The minimum absolute atomic E-state index is 0.207. The van der Waals surface area contributed by atoms with Crippen molar-refractivity contribution in [1.82, 2.24) is 14.5 Å². The Morgan fingerprint density at radius 1 is 1.19 bits per heavy atom. The van der Waals surface area contributed by atoms with Crippen molar-refractivity contribution in [2.24, 2.45) is 0 Å². The number of nitrogens with zero attached hydrogens (tertiary/aromatic N) is 3. The second kappa shape index (κ2) is 5.40. The van der Waals surface area contributed by atoms with E-state index in [9.17, 15) is 0 Å². The molecule has 106 valence electrons. The Bertz CT molecular complexity index is 761. The Kier molecular flexibility index (Phi) is 3.44. The van der Waals surface area contributed by atoms with Gasteiger partial charge in [0.05, 0.1) is 24.3 Å². The molecule has 3 rings (SSSR count). The molecule has 3 aromatic rings. The smallest absolute Gasteiger partial charge is 0.123 e. The van der Waals surface area contributed by atoms with E-state index in [4.69, 9.17) is 5.73 Å². The van der Waals surface area contributed by atoms with Crippen molar-refractivity contribution in [3.63, 3.8) is 0 Å². The van der Waals surface area contributed by atoms with E-state index in [2.05, 4.69) is 52.6 Å². The second-order valence-corrected chi connectivity index (χ2v) is 5.19. The molecular weight excluding hydrogens is 260 g/mol. The third-order valence-corrected chi connectivity index (χ3v) is 3.80. The van der Waals surface area contributed by atoms with E-state index < -0.39 is 0 Å². The Hall–Kier alpha value is -2.62. The number of anilines is 1. The zero-order chi connectivity index (χ0) is 14.8. The molecule has 0 aliphatic rings. The molecule has 0 aliphatic carbocycles. The molecular formula is C17H18N4. The van der Waals surface area contributed by atoms with Gasteiger partial charge in [0.25, 0.3) is 0 Å².